The summed E-state index contributed by atoms with van der Waals surface area (Å²) >= 11 is 0. The van der Waals surface area contributed by atoms with Gasteiger partial charge in [-0.3, -0.25) is 5.10 Å². The molecule has 0 unspecified atom stereocenters. The van der Waals surface area contributed by atoms with Crippen molar-refractivity contribution < 1.29 is 0 Å². The van der Waals surface area contributed by atoms with Gasteiger partial charge in [0.25, 0.3) is 0 Å². The molecule has 0 amide bonds. The van der Waals surface area contributed by atoms with E-state index >= 15 is 0 Å². The monoisotopic (exact) mass is 362 g/mol. The van der Waals surface area contributed by atoms with Crippen molar-refractivity contribution >= 4 is 17.0 Å². The smallest absolute Gasteiger partial charge is 0.203 e. The van der Waals surface area contributed by atoms with Crippen molar-refractivity contribution in [1.82, 2.24) is 19.8 Å². The van der Waals surface area contributed by atoms with Crippen molar-refractivity contribution in [2.24, 2.45) is 10.2 Å². The third-order valence-corrected chi connectivity index (χ3v) is 3.50. The molecule has 1 N–H and O–H groups in total. The van der Waals surface area contributed by atoms with Crippen LogP contribution in [-0.2, 0) is 0 Å². The van der Waals surface area contributed by atoms with Gasteiger partial charge in [0.2, 0.25) is 5.65 Å². The van der Waals surface area contributed by atoms with Crippen LogP contribution in [0.2, 0.25) is 0 Å². The number of rotatable bonds is 3. The topological polar surface area (TPSA) is 70.7 Å². The van der Waals surface area contributed by atoms with Crippen LogP contribution in [0.15, 0.2) is 70.9 Å². The van der Waals surface area contributed by atoms with Crippen LogP contribution in [0.3, 0.4) is 0 Å². The quantitative estimate of drug-likeness (QED) is 0.422. The molecule has 0 aliphatic carbocycles. The normalized spacial score (nSPS) is 10.3. The van der Waals surface area contributed by atoms with Crippen LogP contribution in [0.25, 0.3) is 17.0 Å². The zero-order valence-electron chi connectivity index (χ0n) is 16.5. The lowest BCUT2D eigenvalue weighted by atomic mass is 10.2. The molecule has 2 aromatic carbocycles. The number of aryl methyl sites for hydroxylation is 1. The molecular weight excluding hydrogens is 336 g/mol. The molecular formula is C21H26N6. The molecule has 2 heterocycles. The molecule has 0 saturated heterocycles. The van der Waals surface area contributed by atoms with E-state index in [-0.39, 0.29) is 0 Å². The van der Waals surface area contributed by atoms with Gasteiger partial charge in [-0.1, -0.05) is 76.2 Å². The number of nitrogens with one attached hydrogen (secondary N) is 1. The van der Waals surface area contributed by atoms with Crippen LogP contribution in [0.5, 0.6) is 0 Å². The Bertz CT molecular complexity index is 968. The number of azo groups is 1. The second-order valence-electron chi connectivity index (χ2n) is 5.16. The van der Waals surface area contributed by atoms with Gasteiger partial charge in [0.05, 0.1) is 11.4 Å². The highest BCUT2D eigenvalue weighted by Gasteiger charge is 2.14. The molecule has 0 saturated carbocycles. The van der Waals surface area contributed by atoms with Crippen molar-refractivity contribution in [1.29, 1.82) is 0 Å². The molecule has 4 aromatic rings. The number of fused-ring (bicyclic) bond motifs is 1. The van der Waals surface area contributed by atoms with Crippen molar-refractivity contribution in [2.45, 2.75) is 34.6 Å². The molecule has 4 rings (SSSR count). The minimum absolute atomic E-state index is 0.660. The van der Waals surface area contributed by atoms with E-state index in [1.54, 1.807) is 4.63 Å². The van der Waals surface area contributed by atoms with E-state index in [9.17, 15) is 0 Å². The van der Waals surface area contributed by atoms with Gasteiger partial charge in [0.1, 0.15) is 0 Å². The number of aromatic nitrogens is 4. The molecule has 0 aliphatic rings. The lowest BCUT2D eigenvalue weighted by molar-refractivity contribution is 0.810. The molecule has 0 radical (unpaired) electrons. The zero-order chi connectivity index (χ0) is 19.6. The Balaban J connectivity index is 0.000000614. The predicted molar refractivity (Wildman–Crippen MR) is 111 cm³/mol. The van der Waals surface area contributed by atoms with E-state index in [0.29, 0.717) is 17.2 Å². The first-order chi connectivity index (χ1) is 13.3. The van der Waals surface area contributed by atoms with Gasteiger partial charge in [-0.05, 0) is 19.1 Å². The van der Waals surface area contributed by atoms with E-state index in [1.165, 1.54) is 0 Å². The number of hydrogen-bond acceptors (Lipinski definition) is 4. The zero-order valence-corrected chi connectivity index (χ0v) is 16.5. The van der Waals surface area contributed by atoms with Crippen molar-refractivity contribution in [3.8, 4) is 11.4 Å². The summed E-state index contributed by atoms with van der Waals surface area (Å²) in [5, 5.41) is 16.2. The maximum atomic E-state index is 4.58. The van der Waals surface area contributed by atoms with Crippen LogP contribution >= 0.6 is 0 Å². The van der Waals surface area contributed by atoms with Crippen LogP contribution in [0.4, 0.5) is 11.4 Å². The number of H-pyrrole nitrogens is 1. The Morgan fingerprint density at radius 3 is 2.04 bits per heavy atom. The highest BCUT2D eigenvalue weighted by molar-refractivity contribution is 5.69. The minimum atomic E-state index is 0.660. The SMILES string of the molecule is CC.CC.Cc1[nH]n2nc(-c3ccccc3)nc2c1N=Nc1ccccc1. The predicted octanol–water partition coefficient (Wildman–Crippen LogP) is 6.50. The lowest BCUT2D eigenvalue weighted by Crippen LogP contribution is -1.87. The molecule has 27 heavy (non-hydrogen) atoms. The summed E-state index contributed by atoms with van der Waals surface area (Å²) in [6.45, 7) is 9.93. The van der Waals surface area contributed by atoms with Gasteiger partial charge in [0, 0.05) is 5.56 Å². The Morgan fingerprint density at radius 2 is 1.41 bits per heavy atom. The Kier molecular flexibility index (Phi) is 7.43. The maximum absolute atomic E-state index is 4.58. The second-order valence-corrected chi connectivity index (χ2v) is 5.16. The van der Waals surface area contributed by atoms with Gasteiger partial charge in [-0.25, -0.2) is 4.98 Å². The van der Waals surface area contributed by atoms with Crippen LogP contribution in [0, 0.1) is 6.92 Å². The lowest BCUT2D eigenvalue weighted by Gasteiger charge is -1.93. The highest BCUT2D eigenvalue weighted by atomic mass is 15.5. The van der Waals surface area contributed by atoms with Gasteiger partial charge >= 0.3 is 0 Å². The maximum Gasteiger partial charge on any atom is 0.203 e. The summed E-state index contributed by atoms with van der Waals surface area (Å²) in [7, 11) is 0. The second kappa shape index (κ2) is 10.0. The van der Waals surface area contributed by atoms with E-state index in [1.807, 2.05) is 95.3 Å². The van der Waals surface area contributed by atoms with E-state index < -0.39 is 0 Å². The first-order valence-electron chi connectivity index (χ1n) is 9.29. The minimum Gasteiger partial charge on any atom is -0.278 e. The van der Waals surface area contributed by atoms with Crippen molar-refractivity contribution in [3.63, 3.8) is 0 Å². The molecule has 140 valence electrons. The first-order valence-corrected chi connectivity index (χ1v) is 9.29. The van der Waals surface area contributed by atoms with Crippen LogP contribution in [0.1, 0.15) is 33.4 Å². The Hall–Kier alpha value is -3.28. The Labute approximate surface area is 160 Å². The largest absolute Gasteiger partial charge is 0.278 e. The third-order valence-electron chi connectivity index (χ3n) is 3.50. The number of nitrogens with zero attached hydrogens (tertiary/aromatic N) is 5. The summed E-state index contributed by atoms with van der Waals surface area (Å²) in [5.41, 5.74) is 4.01. The summed E-state index contributed by atoms with van der Waals surface area (Å²) < 4.78 is 1.64. The van der Waals surface area contributed by atoms with Gasteiger partial charge in [-0.2, -0.15) is 9.74 Å². The molecule has 0 bridgehead atoms. The summed E-state index contributed by atoms with van der Waals surface area (Å²) in [4.78, 5) is 4.58. The Morgan fingerprint density at radius 1 is 0.815 bits per heavy atom. The van der Waals surface area contributed by atoms with E-state index in [2.05, 4.69) is 25.4 Å². The van der Waals surface area contributed by atoms with Gasteiger partial charge < -0.3 is 0 Å². The molecule has 0 fully saturated rings. The van der Waals surface area contributed by atoms with E-state index in [0.717, 1.165) is 16.9 Å². The fourth-order valence-corrected chi connectivity index (χ4v) is 2.35. The number of hydrogen-bond donors (Lipinski definition) is 1. The summed E-state index contributed by atoms with van der Waals surface area (Å²) in [5.74, 6) is 0.660. The number of aromatic amines is 1. The molecule has 0 aliphatic heterocycles. The molecule has 6 nitrogen and oxygen atoms in total. The van der Waals surface area contributed by atoms with E-state index in [4.69, 9.17) is 0 Å². The van der Waals surface area contributed by atoms with Gasteiger partial charge in [-0.15, -0.1) is 10.2 Å². The number of benzene rings is 2. The van der Waals surface area contributed by atoms with Crippen LogP contribution < -0.4 is 0 Å². The average molecular weight is 362 g/mol. The summed E-state index contributed by atoms with van der Waals surface area (Å²) in [6, 6.07) is 19.5. The van der Waals surface area contributed by atoms with Gasteiger partial charge in [0.15, 0.2) is 11.5 Å². The molecule has 0 atom stereocenters. The molecule has 2 aromatic heterocycles. The van der Waals surface area contributed by atoms with Crippen molar-refractivity contribution in [3.05, 3.63) is 66.4 Å². The third kappa shape index (κ3) is 4.67. The van der Waals surface area contributed by atoms with Crippen molar-refractivity contribution in [2.75, 3.05) is 0 Å². The van der Waals surface area contributed by atoms with Crippen LogP contribution in [-0.4, -0.2) is 19.8 Å². The summed E-state index contributed by atoms with van der Waals surface area (Å²) in [6.07, 6.45) is 0. The first kappa shape index (κ1) is 20.0. The molecule has 6 heteroatoms. The average Bonchev–Trinajstić information content (AvgIpc) is 3.28. The fourth-order valence-electron chi connectivity index (χ4n) is 2.35. The standard InChI is InChI=1S/C17H14N6.2C2H6/c1-12-15(20-19-14-10-6-3-7-11-14)17-18-16(22-23(17)21-12)13-8-4-2-5-9-13;2*1-2/h2-11,21H,1H3;2*1-2H3. The fraction of sp³-hybridized carbons (Fsp3) is 0.238. The molecule has 0 spiro atoms. The highest BCUT2D eigenvalue weighted by Crippen LogP contribution is 2.27.